The Labute approximate surface area is 162 Å². The average molecular weight is 367 g/mol. The number of aromatic nitrogens is 1. The molecule has 4 heteroatoms. The van der Waals surface area contributed by atoms with Gasteiger partial charge in [-0.15, -0.1) is 0 Å². The number of nitrogens with one attached hydrogen (secondary N) is 1. The lowest BCUT2D eigenvalue weighted by molar-refractivity contribution is -0.121. The summed E-state index contributed by atoms with van der Waals surface area (Å²) >= 11 is 0. The number of carbonyl (C=O) groups excluding carboxylic acids is 1. The maximum atomic E-state index is 12.5. The molecule has 1 aliphatic carbocycles. The van der Waals surface area contributed by atoms with E-state index >= 15 is 0 Å². The second-order valence-corrected chi connectivity index (χ2v) is 7.39. The van der Waals surface area contributed by atoms with Crippen molar-refractivity contribution < 1.29 is 9.53 Å². The van der Waals surface area contributed by atoms with Gasteiger partial charge in [-0.3, -0.25) is 4.79 Å². The van der Waals surface area contributed by atoms with Crippen LogP contribution in [0.1, 0.15) is 51.6 Å². The van der Waals surface area contributed by atoms with Crippen molar-refractivity contribution in [3.63, 3.8) is 0 Å². The van der Waals surface area contributed by atoms with Crippen LogP contribution < -0.4 is 10.1 Å². The van der Waals surface area contributed by atoms with Crippen LogP contribution in [0.2, 0.25) is 0 Å². The fraction of sp³-hybridized carbons (Fsp3) is 0.478. The molecule has 1 N–H and O–H groups in total. The first kappa shape index (κ1) is 19.4. The number of hydrogen-bond donors (Lipinski definition) is 1. The van der Waals surface area contributed by atoms with Crippen molar-refractivity contribution >= 4 is 5.91 Å². The molecular weight excluding hydrogens is 336 g/mol. The summed E-state index contributed by atoms with van der Waals surface area (Å²) in [5, 5.41) is 3.18. The molecule has 1 heterocycles. The summed E-state index contributed by atoms with van der Waals surface area (Å²) in [6.45, 7) is 4.62. The van der Waals surface area contributed by atoms with E-state index in [0.717, 1.165) is 16.8 Å². The van der Waals surface area contributed by atoms with Crippen molar-refractivity contribution in [2.75, 3.05) is 6.61 Å². The molecule has 27 heavy (non-hydrogen) atoms. The highest BCUT2D eigenvalue weighted by molar-refractivity contribution is 5.79. The number of hydrogen-bond acceptors (Lipinski definition) is 3. The minimum Gasteiger partial charge on any atom is -0.478 e. The smallest absolute Gasteiger partial charge is 0.226 e. The Morgan fingerprint density at radius 2 is 1.89 bits per heavy atom. The van der Waals surface area contributed by atoms with Crippen LogP contribution in [0.25, 0.3) is 11.1 Å². The zero-order valence-corrected chi connectivity index (χ0v) is 16.4. The van der Waals surface area contributed by atoms with Gasteiger partial charge in [0.25, 0.3) is 0 Å². The van der Waals surface area contributed by atoms with Crippen LogP contribution in [0.15, 0.2) is 42.5 Å². The first-order valence-corrected chi connectivity index (χ1v) is 10.1. The third kappa shape index (κ3) is 5.31. The molecular formula is C23H30N2O2. The molecule has 3 rings (SSSR count). The molecule has 1 aromatic carbocycles. The summed E-state index contributed by atoms with van der Waals surface area (Å²) in [5.74, 6) is 1.24. The maximum Gasteiger partial charge on any atom is 0.226 e. The lowest BCUT2D eigenvalue weighted by atomic mass is 9.84. The van der Waals surface area contributed by atoms with Gasteiger partial charge in [-0.2, -0.15) is 0 Å². The van der Waals surface area contributed by atoms with E-state index in [1.807, 2.05) is 49.4 Å². The third-order valence-corrected chi connectivity index (χ3v) is 5.37. The molecule has 0 bridgehead atoms. The maximum absolute atomic E-state index is 12.5. The van der Waals surface area contributed by atoms with Gasteiger partial charge in [-0.05, 0) is 50.3 Å². The minimum atomic E-state index is 0.0375. The van der Waals surface area contributed by atoms with Gasteiger partial charge in [-0.25, -0.2) is 4.98 Å². The Morgan fingerprint density at radius 3 is 2.59 bits per heavy atom. The van der Waals surface area contributed by atoms with Gasteiger partial charge >= 0.3 is 0 Å². The Balaban J connectivity index is 1.67. The molecule has 1 atom stereocenters. The van der Waals surface area contributed by atoms with Crippen molar-refractivity contribution in [2.45, 2.75) is 58.4 Å². The van der Waals surface area contributed by atoms with E-state index in [-0.39, 0.29) is 18.4 Å². The molecule has 2 aromatic rings. The molecule has 1 aliphatic rings. The molecule has 0 radical (unpaired) electrons. The van der Waals surface area contributed by atoms with E-state index in [1.165, 1.54) is 32.1 Å². The van der Waals surface area contributed by atoms with E-state index in [1.54, 1.807) is 0 Å². The zero-order chi connectivity index (χ0) is 19.1. The van der Waals surface area contributed by atoms with Crippen LogP contribution in [0.5, 0.6) is 5.88 Å². The number of ether oxygens (including phenoxy) is 1. The Hall–Kier alpha value is -2.36. The number of amides is 1. The molecule has 0 spiro atoms. The molecule has 0 saturated heterocycles. The number of pyridine rings is 1. The highest BCUT2D eigenvalue weighted by Gasteiger charge is 2.21. The van der Waals surface area contributed by atoms with E-state index < -0.39 is 0 Å². The fourth-order valence-corrected chi connectivity index (χ4v) is 3.88. The van der Waals surface area contributed by atoms with Gasteiger partial charge in [0.15, 0.2) is 0 Å². The van der Waals surface area contributed by atoms with E-state index in [9.17, 15) is 4.79 Å². The van der Waals surface area contributed by atoms with Crippen LogP contribution in [0, 0.1) is 5.92 Å². The monoisotopic (exact) mass is 366 g/mol. The molecule has 4 nitrogen and oxygen atoms in total. The quantitative estimate of drug-likeness (QED) is 0.767. The topological polar surface area (TPSA) is 51.2 Å². The molecule has 1 saturated carbocycles. The predicted octanol–water partition coefficient (Wildman–Crippen LogP) is 4.77. The second-order valence-electron chi connectivity index (χ2n) is 7.39. The summed E-state index contributed by atoms with van der Waals surface area (Å²) < 4.78 is 5.75. The number of nitrogens with zero attached hydrogens (tertiary/aromatic N) is 1. The van der Waals surface area contributed by atoms with Crippen LogP contribution in [0.3, 0.4) is 0 Å². The zero-order valence-electron chi connectivity index (χ0n) is 16.4. The van der Waals surface area contributed by atoms with Crippen molar-refractivity contribution in [1.29, 1.82) is 0 Å². The molecule has 0 aliphatic heterocycles. The van der Waals surface area contributed by atoms with Crippen molar-refractivity contribution in [3.8, 4) is 17.0 Å². The second kappa shape index (κ2) is 9.54. The molecule has 1 aromatic heterocycles. The van der Waals surface area contributed by atoms with Crippen LogP contribution in [-0.4, -0.2) is 23.5 Å². The molecule has 0 unspecified atom stereocenters. The van der Waals surface area contributed by atoms with E-state index in [4.69, 9.17) is 4.74 Å². The summed E-state index contributed by atoms with van der Waals surface area (Å²) in [7, 11) is 0. The van der Waals surface area contributed by atoms with Gasteiger partial charge in [0.05, 0.1) is 18.7 Å². The molecule has 1 amide bonds. The van der Waals surface area contributed by atoms with Gasteiger partial charge in [-0.1, -0.05) is 49.6 Å². The number of carbonyl (C=O) groups is 1. The van der Waals surface area contributed by atoms with Gasteiger partial charge < -0.3 is 10.1 Å². The lowest BCUT2D eigenvalue weighted by Gasteiger charge is -2.28. The third-order valence-electron chi connectivity index (χ3n) is 5.37. The summed E-state index contributed by atoms with van der Waals surface area (Å²) in [6, 6.07) is 14.2. The highest BCUT2D eigenvalue weighted by Crippen LogP contribution is 2.29. The Morgan fingerprint density at radius 1 is 1.15 bits per heavy atom. The Kier molecular flexibility index (Phi) is 6.86. The molecule has 144 valence electrons. The standard InChI is InChI=1S/C23H30N2O2/c1-3-27-23-21(19-12-8-5-9-13-19)15-14-20(25-23)16-22(26)24-17(2)18-10-6-4-7-11-18/h5,8-9,12-15,17-18H,3-4,6-7,10-11,16H2,1-2H3,(H,24,26)/t17-/m0/s1. The van der Waals surface area contributed by atoms with Crippen molar-refractivity contribution in [2.24, 2.45) is 5.92 Å². The first-order chi connectivity index (χ1) is 13.2. The van der Waals surface area contributed by atoms with Crippen molar-refractivity contribution in [3.05, 3.63) is 48.2 Å². The van der Waals surface area contributed by atoms with Crippen LogP contribution >= 0.6 is 0 Å². The largest absolute Gasteiger partial charge is 0.478 e. The number of rotatable bonds is 7. The lowest BCUT2D eigenvalue weighted by Crippen LogP contribution is -2.39. The molecule has 1 fully saturated rings. The van der Waals surface area contributed by atoms with Gasteiger partial charge in [0.2, 0.25) is 11.8 Å². The van der Waals surface area contributed by atoms with Gasteiger partial charge in [0, 0.05) is 11.6 Å². The SMILES string of the molecule is CCOc1nc(CC(=O)N[C@@H](C)C2CCCCC2)ccc1-c1ccccc1. The first-order valence-electron chi connectivity index (χ1n) is 10.1. The minimum absolute atomic E-state index is 0.0375. The fourth-order valence-electron chi connectivity index (χ4n) is 3.88. The summed E-state index contributed by atoms with van der Waals surface area (Å²) in [4.78, 5) is 17.1. The normalized spacial score (nSPS) is 15.9. The van der Waals surface area contributed by atoms with E-state index in [0.29, 0.717) is 18.4 Å². The van der Waals surface area contributed by atoms with Crippen molar-refractivity contribution in [1.82, 2.24) is 10.3 Å². The summed E-state index contributed by atoms with van der Waals surface area (Å²) in [6.07, 6.45) is 6.62. The van der Waals surface area contributed by atoms with Gasteiger partial charge in [0.1, 0.15) is 0 Å². The Bertz CT molecular complexity index is 739. The summed E-state index contributed by atoms with van der Waals surface area (Å²) in [5.41, 5.74) is 2.76. The number of benzene rings is 1. The van der Waals surface area contributed by atoms with E-state index in [2.05, 4.69) is 17.2 Å². The van der Waals surface area contributed by atoms with Crippen LogP contribution in [0.4, 0.5) is 0 Å². The van der Waals surface area contributed by atoms with Crippen LogP contribution in [-0.2, 0) is 11.2 Å². The highest BCUT2D eigenvalue weighted by atomic mass is 16.5. The predicted molar refractivity (Wildman–Crippen MR) is 109 cm³/mol. The average Bonchev–Trinajstić information content (AvgIpc) is 2.70.